The summed E-state index contributed by atoms with van der Waals surface area (Å²) in [5.41, 5.74) is 1.95. The van der Waals surface area contributed by atoms with Crippen molar-refractivity contribution in [3.05, 3.63) is 54.9 Å². The maximum atomic E-state index is 10.7. The van der Waals surface area contributed by atoms with Crippen LogP contribution in [0.3, 0.4) is 0 Å². The minimum Gasteiger partial charge on any atom is -0.490 e. The van der Waals surface area contributed by atoms with Gasteiger partial charge in [-0.25, -0.2) is 0 Å². The van der Waals surface area contributed by atoms with Crippen molar-refractivity contribution in [2.24, 2.45) is 11.8 Å². The van der Waals surface area contributed by atoms with E-state index in [1.54, 1.807) is 12.4 Å². The van der Waals surface area contributed by atoms with E-state index in [9.17, 15) is 5.11 Å². The van der Waals surface area contributed by atoms with Crippen LogP contribution < -0.4 is 4.74 Å². The molecule has 3 aliphatic rings. The Labute approximate surface area is 181 Å². The first-order chi connectivity index (χ1) is 15.3. The van der Waals surface area contributed by atoms with E-state index in [-0.39, 0.29) is 6.61 Å². The van der Waals surface area contributed by atoms with E-state index in [1.807, 2.05) is 24.3 Å². The molecule has 6 nitrogen and oxygen atoms in total. The molecule has 0 spiro atoms. The van der Waals surface area contributed by atoms with E-state index in [2.05, 4.69) is 33.3 Å². The number of ether oxygens (including phenoxy) is 2. The number of benzene rings is 2. The maximum absolute atomic E-state index is 10.7. The molecule has 2 aromatic carbocycles. The highest BCUT2D eigenvalue weighted by Gasteiger charge is 2.52. The first-order valence-corrected chi connectivity index (χ1v) is 11.2. The van der Waals surface area contributed by atoms with Gasteiger partial charge in [-0.05, 0) is 35.7 Å². The van der Waals surface area contributed by atoms with Crippen LogP contribution in [0, 0.1) is 11.8 Å². The lowest BCUT2D eigenvalue weighted by atomic mass is 9.82. The molecule has 0 saturated carbocycles. The summed E-state index contributed by atoms with van der Waals surface area (Å²) in [6, 6.07) is 14.2. The van der Waals surface area contributed by atoms with Crippen LogP contribution in [0.2, 0.25) is 0 Å². The molecule has 0 amide bonds. The monoisotopic (exact) mass is 417 g/mol. The molecule has 3 saturated heterocycles. The smallest absolute Gasteiger partial charge is 0.127 e. The fourth-order valence-corrected chi connectivity index (χ4v) is 5.84. The number of nitrogens with zero attached hydrogens (tertiary/aromatic N) is 3. The molecule has 3 aliphatic heterocycles. The molecular weight excluding hydrogens is 390 g/mol. The summed E-state index contributed by atoms with van der Waals surface area (Å²) in [6.45, 7) is 2.98. The molecule has 31 heavy (non-hydrogen) atoms. The largest absolute Gasteiger partial charge is 0.490 e. The van der Waals surface area contributed by atoms with Gasteiger partial charge in [-0.1, -0.05) is 30.3 Å². The van der Waals surface area contributed by atoms with Crippen molar-refractivity contribution in [1.29, 1.82) is 0 Å². The van der Waals surface area contributed by atoms with Gasteiger partial charge in [-0.15, -0.1) is 0 Å². The second kappa shape index (κ2) is 7.86. The van der Waals surface area contributed by atoms with Crippen molar-refractivity contribution >= 4 is 10.8 Å². The van der Waals surface area contributed by atoms with Crippen LogP contribution >= 0.6 is 0 Å². The molecule has 0 aliphatic carbocycles. The van der Waals surface area contributed by atoms with E-state index in [4.69, 9.17) is 9.47 Å². The lowest BCUT2D eigenvalue weighted by Gasteiger charge is -2.22. The average molecular weight is 418 g/mol. The highest BCUT2D eigenvalue weighted by atomic mass is 16.5. The summed E-state index contributed by atoms with van der Waals surface area (Å²) in [6.07, 6.45) is 6.22. The number of aliphatic hydroxyl groups is 1. The summed E-state index contributed by atoms with van der Waals surface area (Å²) < 4.78 is 12.2. The van der Waals surface area contributed by atoms with Gasteiger partial charge in [0.1, 0.15) is 18.5 Å². The van der Waals surface area contributed by atoms with Crippen molar-refractivity contribution in [3.63, 3.8) is 0 Å². The van der Waals surface area contributed by atoms with Gasteiger partial charge in [0, 0.05) is 42.6 Å². The predicted molar refractivity (Wildman–Crippen MR) is 118 cm³/mol. The van der Waals surface area contributed by atoms with Gasteiger partial charge in [-0.2, -0.15) is 10.2 Å². The Kier molecular flexibility index (Phi) is 4.86. The summed E-state index contributed by atoms with van der Waals surface area (Å²) in [7, 11) is 0. The van der Waals surface area contributed by atoms with E-state index in [0.29, 0.717) is 30.6 Å². The first-order valence-electron chi connectivity index (χ1n) is 11.2. The van der Waals surface area contributed by atoms with Crippen LogP contribution in [0.15, 0.2) is 54.9 Å². The van der Waals surface area contributed by atoms with E-state index < -0.39 is 6.10 Å². The van der Waals surface area contributed by atoms with Crippen LogP contribution in [0.4, 0.5) is 0 Å². The SMILES string of the molecule is OC(COc1ccc2ccccc2c1-c1ccnnc1)CN1C[C@@H]2[C@H](C1)[C@H]1CC[C@@H]2O1. The summed E-state index contributed by atoms with van der Waals surface area (Å²) in [5.74, 6) is 2.06. The number of aliphatic hydroxyl groups excluding tert-OH is 1. The number of rotatable bonds is 6. The molecule has 1 aromatic heterocycles. The van der Waals surface area contributed by atoms with Gasteiger partial charge in [0.2, 0.25) is 0 Å². The lowest BCUT2D eigenvalue weighted by Crippen LogP contribution is -2.35. The Morgan fingerprint density at radius 3 is 2.61 bits per heavy atom. The van der Waals surface area contributed by atoms with Crippen LogP contribution in [-0.2, 0) is 4.74 Å². The summed E-state index contributed by atoms with van der Waals surface area (Å²) in [4.78, 5) is 2.39. The number of hydrogen-bond donors (Lipinski definition) is 1. The van der Waals surface area contributed by atoms with Crippen LogP contribution in [-0.4, -0.2) is 64.8 Å². The molecule has 160 valence electrons. The second-order valence-corrected chi connectivity index (χ2v) is 9.09. The molecule has 6 heteroatoms. The third kappa shape index (κ3) is 3.49. The van der Waals surface area contributed by atoms with Crippen molar-refractivity contribution in [1.82, 2.24) is 15.1 Å². The topological polar surface area (TPSA) is 67.7 Å². The minimum absolute atomic E-state index is 0.263. The number of aromatic nitrogens is 2. The minimum atomic E-state index is -0.535. The Morgan fingerprint density at radius 1 is 1.03 bits per heavy atom. The molecule has 6 rings (SSSR count). The van der Waals surface area contributed by atoms with Crippen molar-refractivity contribution in [3.8, 4) is 16.9 Å². The standard InChI is InChI=1S/C25H27N3O3/c29-18(12-28-13-20-21(14-28)23-8-7-22(20)31-23)15-30-24-6-5-16-3-1-2-4-19(16)25(24)17-9-10-26-27-11-17/h1-6,9-11,18,20-23,29H,7-8,12-15H2/t18?,20-,21+,22+,23-. The third-order valence-electron chi connectivity index (χ3n) is 7.19. The average Bonchev–Trinajstić information content (AvgIpc) is 3.52. The van der Waals surface area contributed by atoms with Crippen molar-refractivity contribution < 1.29 is 14.6 Å². The molecule has 5 atom stereocenters. The Bertz CT molecular complexity index is 1060. The van der Waals surface area contributed by atoms with Crippen LogP contribution in [0.1, 0.15) is 12.8 Å². The zero-order chi connectivity index (χ0) is 20.8. The van der Waals surface area contributed by atoms with Crippen LogP contribution in [0.25, 0.3) is 21.9 Å². The molecule has 2 bridgehead atoms. The zero-order valence-electron chi connectivity index (χ0n) is 17.4. The Hall–Kier alpha value is -2.54. The molecule has 3 aromatic rings. The molecule has 1 unspecified atom stereocenters. The Balaban J connectivity index is 1.17. The number of hydrogen-bond acceptors (Lipinski definition) is 6. The zero-order valence-corrected chi connectivity index (χ0v) is 17.4. The fraction of sp³-hybridized carbons (Fsp3) is 0.440. The molecule has 3 fully saturated rings. The van der Waals surface area contributed by atoms with Gasteiger partial charge >= 0.3 is 0 Å². The summed E-state index contributed by atoms with van der Waals surface area (Å²) in [5, 5.41) is 20.9. The molecular formula is C25H27N3O3. The summed E-state index contributed by atoms with van der Waals surface area (Å²) >= 11 is 0. The van der Waals surface area contributed by atoms with Gasteiger partial charge in [0.25, 0.3) is 0 Å². The first kappa shape index (κ1) is 19.2. The normalized spacial score (nSPS) is 28.2. The highest BCUT2D eigenvalue weighted by Crippen LogP contribution is 2.47. The second-order valence-electron chi connectivity index (χ2n) is 9.09. The number of β-amino-alcohol motifs (C(OH)–C–C–N with tert-alkyl or cyclic N) is 1. The highest BCUT2D eigenvalue weighted by molar-refractivity contribution is 5.99. The molecule has 4 heterocycles. The van der Waals surface area contributed by atoms with Gasteiger partial charge in [-0.3, -0.25) is 4.90 Å². The van der Waals surface area contributed by atoms with Gasteiger partial charge in [0.15, 0.2) is 0 Å². The molecule has 0 radical (unpaired) electrons. The van der Waals surface area contributed by atoms with E-state index in [0.717, 1.165) is 40.7 Å². The van der Waals surface area contributed by atoms with Crippen molar-refractivity contribution in [2.75, 3.05) is 26.2 Å². The lowest BCUT2D eigenvalue weighted by molar-refractivity contribution is 0.0479. The quantitative estimate of drug-likeness (QED) is 0.665. The van der Waals surface area contributed by atoms with Crippen molar-refractivity contribution in [2.45, 2.75) is 31.2 Å². The number of likely N-dealkylation sites (tertiary alicyclic amines) is 1. The number of fused-ring (bicyclic) bond motifs is 6. The molecule has 1 N–H and O–H groups in total. The fourth-order valence-electron chi connectivity index (χ4n) is 5.84. The van der Waals surface area contributed by atoms with Crippen LogP contribution in [0.5, 0.6) is 5.75 Å². The van der Waals surface area contributed by atoms with E-state index in [1.165, 1.54) is 12.8 Å². The predicted octanol–water partition coefficient (Wildman–Crippen LogP) is 3.15. The van der Waals surface area contributed by atoms with E-state index >= 15 is 0 Å². The Morgan fingerprint density at radius 2 is 1.84 bits per heavy atom. The third-order valence-corrected chi connectivity index (χ3v) is 7.19. The van der Waals surface area contributed by atoms with Gasteiger partial charge < -0.3 is 14.6 Å². The van der Waals surface area contributed by atoms with Gasteiger partial charge in [0.05, 0.1) is 24.6 Å². The maximum Gasteiger partial charge on any atom is 0.127 e.